The van der Waals surface area contributed by atoms with Gasteiger partial charge in [-0.2, -0.15) is 5.10 Å². The molecule has 0 aliphatic carbocycles. The molecule has 3 aromatic rings. The van der Waals surface area contributed by atoms with Crippen LogP contribution in [0.3, 0.4) is 0 Å². The normalized spacial score (nSPS) is 13.1. The number of carbonyl (C=O) groups is 1. The molecule has 0 aromatic heterocycles. The Morgan fingerprint density at radius 1 is 1.08 bits per heavy atom. The molecular weight excluding hydrogens is 580 g/mol. The number of ether oxygens (including phenoxy) is 2. The van der Waals surface area contributed by atoms with Crippen molar-refractivity contribution in [3.8, 4) is 11.5 Å². The van der Waals surface area contributed by atoms with E-state index in [4.69, 9.17) is 9.47 Å². The Kier molecular flexibility index (Phi) is 8.27. The Hall–Kier alpha value is -3.97. The third-order valence-electron chi connectivity index (χ3n) is 5.55. The van der Waals surface area contributed by atoms with Crippen molar-refractivity contribution in [1.82, 2.24) is 5.43 Å². The van der Waals surface area contributed by atoms with Crippen molar-refractivity contribution in [2.24, 2.45) is 5.10 Å². The highest BCUT2D eigenvalue weighted by molar-refractivity contribution is 9.10. The Bertz CT molecular complexity index is 1500. The number of anilines is 1. The maximum Gasteiger partial charge on any atom is 0.294 e. The van der Waals surface area contributed by atoms with E-state index in [1.165, 1.54) is 42.5 Å². The molecule has 0 unspecified atom stereocenters. The third-order valence-corrected chi connectivity index (χ3v) is 7.81. The second-order valence-electron chi connectivity index (χ2n) is 8.02. The monoisotopic (exact) mass is 602 g/mol. The van der Waals surface area contributed by atoms with Gasteiger partial charge in [-0.05, 0) is 48.9 Å². The first-order chi connectivity index (χ1) is 18.2. The van der Waals surface area contributed by atoms with Gasteiger partial charge in [0.15, 0.2) is 11.5 Å². The van der Waals surface area contributed by atoms with Crippen molar-refractivity contribution in [2.75, 3.05) is 24.1 Å². The number of halogens is 1. The van der Waals surface area contributed by atoms with Crippen molar-refractivity contribution < 1.29 is 27.6 Å². The highest BCUT2D eigenvalue weighted by Crippen LogP contribution is 2.35. The largest absolute Gasteiger partial charge is 0.486 e. The fourth-order valence-electron chi connectivity index (χ4n) is 3.74. The number of amides is 1. The Morgan fingerprint density at radius 2 is 1.79 bits per heavy atom. The fourth-order valence-corrected chi connectivity index (χ4v) is 5.54. The smallest absolute Gasteiger partial charge is 0.294 e. The summed E-state index contributed by atoms with van der Waals surface area (Å²) in [4.78, 5) is 23.9. The lowest BCUT2D eigenvalue weighted by molar-refractivity contribution is -0.384. The zero-order chi connectivity index (χ0) is 27.3. The molecule has 0 saturated heterocycles. The Labute approximate surface area is 227 Å². The molecule has 4 rings (SSSR count). The Balaban J connectivity index is 1.65. The average molecular weight is 603 g/mol. The number of nitrogens with one attached hydrogen (secondary N) is 1. The SMILES string of the molecule is CC/C(=N\NC(=O)CN(c1ccc(Br)cc1[N+](=O)[O-])S(=O)(=O)c1ccccc1)c1ccc2c(c1)OCCO2. The standard InChI is InChI=1S/C25H23BrN4O7S/c1-2-20(17-8-11-23-24(14-17)37-13-12-36-23)27-28-25(31)16-29(38(34,35)19-6-4-3-5-7-19)21-10-9-18(26)15-22(21)30(32)33/h3-11,14-15H,2,12-13,16H2,1H3,(H,28,31)/b27-20+. The predicted molar refractivity (Wildman–Crippen MR) is 144 cm³/mol. The highest BCUT2D eigenvalue weighted by atomic mass is 79.9. The van der Waals surface area contributed by atoms with E-state index in [9.17, 15) is 23.3 Å². The van der Waals surface area contributed by atoms with Crippen LogP contribution in [-0.4, -0.2) is 44.7 Å². The van der Waals surface area contributed by atoms with Gasteiger partial charge < -0.3 is 9.47 Å². The fraction of sp³-hybridized carbons (Fsp3) is 0.200. The van der Waals surface area contributed by atoms with Gasteiger partial charge in [0, 0.05) is 16.1 Å². The number of nitro groups is 1. The molecular formula is C25H23BrN4O7S. The number of rotatable bonds is 9. The molecule has 0 atom stereocenters. The molecule has 0 spiro atoms. The van der Waals surface area contributed by atoms with Crippen molar-refractivity contribution >= 4 is 48.9 Å². The van der Waals surface area contributed by atoms with E-state index in [1.807, 2.05) is 6.92 Å². The molecule has 0 saturated carbocycles. The molecule has 0 fully saturated rings. The van der Waals surface area contributed by atoms with Gasteiger partial charge in [-0.25, -0.2) is 18.1 Å². The topological polar surface area (TPSA) is 140 Å². The second-order valence-corrected chi connectivity index (χ2v) is 10.8. The molecule has 0 bridgehead atoms. The molecule has 3 aromatic carbocycles. The van der Waals surface area contributed by atoms with Crippen LogP contribution < -0.4 is 19.2 Å². The number of hydrazone groups is 1. The van der Waals surface area contributed by atoms with E-state index in [0.29, 0.717) is 51.2 Å². The molecule has 11 nitrogen and oxygen atoms in total. The van der Waals surface area contributed by atoms with Crippen LogP contribution in [0, 0.1) is 10.1 Å². The number of nitro benzene ring substituents is 1. The lowest BCUT2D eigenvalue weighted by atomic mass is 10.1. The van der Waals surface area contributed by atoms with E-state index in [2.05, 4.69) is 26.5 Å². The van der Waals surface area contributed by atoms with E-state index in [0.717, 1.165) is 0 Å². The number of hydrogen-bond acceptors (Lipinski definition) is 8. The molecule has 1 aliphatic heterocycles. The van der Waals surface area contributed by atoms with Gasteiger partial charge in [0.05, 0.1) is 15.5 Å². The molecule has 1 heterocycles. The molecule has 13 heteroatoms. The summed E-state index contributed by atoms with van der Waals surface area (Å²) in [6.45, 7) is 1.97. The van der Waals surface area contributed by atoms with E-state index in [1.54, 1.807) is 24.3 Å². The van der Waals surface area contributed by atoms with Crippen LogP contribution in [0.1, 0.15) is 18.9 Å². The second kappa shape index (κ2) is 11.6. The molecule has 1 N–H and O–H groups in total. The minimum atomic E-state index is -4.35. The summed E-state index contributed by atoms with van der Waals surface area (Å²) in [5, 5.41) is 16.0. The van der Waals surface area contributed by atoms with Crippen molar-refractivity contribution in [1.29, 1.82) is 0 Å². The number of hydrogen-bond donors (Lipinski definition) is 1. The average Bonchev–Trinajstić information content (AvgIpc) is 2.92. The summed E-state index contributed by atoms with van der Waals surface area (Å²) in [7, 11) is -4.35. The number of benzene rings is 3. The van der Waals surface area contributed by atoms with Crippen LogP contribution in [-0.2, 0) is 14.8 Å². The molecule has 38 heavy (non-hydrogen) atoms. The van der Waals surface area contributed by atoms with Crippen molar-refractivity contribution in [2.45, 2.75) is 18.2 Å². The summed E-state index contributed by atoms with van der Waals surface area (Å²) in [6.07, 6.45) is 0.449. The van der Waals surface area contributed by atoms with Crippen molar-refractivity contribution in [3.63, 3.8) is 0 Å². The van der Waals surface area contributed by atoms with E-state index >= 15 is 0 Å². The van der Waals surface area contributed by atoms with Gasteiger partial charge in [-0.1, -0.05) is 41.1 Å². The summed E-state index contributed by atoms with van der Waals surface area (Å²) < 4.78 is 39.3. The van der Waals surface area contributed by atoms with Gasteiger partial charge >= 0.3 is 0 Å². The first kappa shape index (κ1) is 27.1. The first-order valence-electron chi connectivity index (χ1n) is 11.5. The van der Waals surface area contributed by atoms with E-state index < -0.39 is 33.1 Å². The minimum Gasteiger partial charge on any atom is -0.486 e. The zero-order valence-corrected chi connectivity index (χ0v) is 22.6. The van der Waals surface area contributed by atoms with Gasteiger partial charge in [0.25, 0.3) is 21.6 Å². The lowest BCUT2D eigenvalue weighted by Crippen LogP contribution is -2.40. The van der Waals surface area contributed by atoms with Gasteiger partial charge in [-0.15, -0.1) is 0 Å². The van der Waals surface area contributed by atoms with Gasteiger partial charge in [0.1, 0.15) is 25.4 Å². The zero-order valence-electron chi connectivity index (χ0n) is 20.2. The molecule has 198 valence electrons. The first-order valence-corrected chi connectivity index (χ1v) is 13.7. The summed E-state index contributed by atoms with van der Waals surface area (Å²) in [5.74, 6) is 0.381. The minimum absolute atomic E-state index is 0.126. The van der Waals surface area contributed by atoms with Crippen LogP contribution in [0.25, 0.3) is 0 Å². The maximum atomic E-state index is 13.5. The molecule has 0 radical (unpaired) electrons. The van der Waals surface area contributed by atoms with Crippen LogP contribution in [0.4, 0.5) is 11.4 Å². The Morgan fingerprint density at radius 3 is 2.47 bits per heavy atom. The number of carbonyl (C=O) groups excluding carboxylic acids is 1. The van der Waals surface area contributed by atoms with Crippen LogP contribution >= 0.6 is 15.9 Å². The third kappa shape index (κ3) is 5.94. The molecule has 1 amide bonds. The molecule has 1 aliphatic rings. The van der Waals surface area contributed by atoms with Crippen LogP contribution in [0.2, 0.25) is 0 Å². The van der Waals surface area contributed by atoms with E-state index in [-0.39, 0.29) is 10.6 Å². The lowest BCUT2D eigenvalue weighted by Gasteiger charge is -2.23. The predicted octanol–water partition coefficient (Wildman–Crippen LogP) is 4.25. The summed E-state index contributed by atoms with van der Waals surface area (Å²) >= 11 is 3.17. The number of fused-ring (bicyclic) bond motifs is 1. The number of sulfonamides is 1. The summed E-state index contributed by atoms with van der Waals surface area (Å²) in [5.41, 5.74) is 2.85. The number of nitrogens with zero attached hydrogens (tertiary/aromatic N) is 3. The van der Waals surface area contributed by atoms with Gasteiger partial charge in [-0.3, -0.25) is 14.9 Å². The maximum absolute atomic E-state index is 13.5. The highest BCUT2D eigenvalue weighted by Gasteiger charge is 2.32. The van der Waals surface area contributed by atoms with Gasteiger partial charge in [0.2, 0.25) is 0 Å². The van der Waals surface area contributed by atoms with Crippen LogP contribution in [0.15, 0.2) is 81.2 Å². The summed E-state index contributed by atoms with van der Waals surface area (Å²) in [6, 6.07) is 16.6. The van der Waals surface area contributed by atoms with Crippen LogP contribution in [0.5, 0.6) is 11.5 Å². The quantitative estimate of drug-likeness (QED) is 0.219. The van der Waals surface area contributed by atoms with Crippen molar-refractivity contribution in [3.05, 3.63) is 86.9 Å².